The number of nitriles is 1. The molecule has 2 rings (SSSR count). The van der Waals surface area contributed by atoms with Gasteiger partial charge in [-0.05, 0) is 6.07 Å². The van der Waals surface area contributed by atoms with Crippen molar-refractivity contribution in [3.8, 4) is 6.07 Å². The maximum absolute atomic E-state index is 12.3. The lowest BCUT2D eigenvalue weighted by Gasteiger charge is -2.29. The van der Waals surface area contributed by atoms with Crippen molar-refractivity contribution in [2.75, 3.05) is 45.9 Å². The summed E-state index contributed by atoms with van der Waals surface area (Å²) in [4.78, 5) is 16.3. The van der Waals surface area contributed by atoms with Gasteiger partial charge in [-0.1, -0.05) is 0 Å². The van der Waals surface area contributed by atoms with Gasteiger partial charge in [0.1, 0.15) is 6.26 Å². The van der Waals surface area contributed by atoms with E-state index in [1.54, 1.807) is 11.0 Å². The van der Waals surface area contributed by atoms with Gasteiger partial charge in [-0.25, -0.2) is 0 Å². The summed E-state index contributed by atoms with van der Waals surface area (Å²) in [7, 11) is 0. The molecule has 1 aromatic heterocycles. The summed E-state index contributed by atoms with van der Waals surface area (Å²) in [5, 5.41) is 8.71. The first-order valence-corrected chi connectivity index (χ1v) is 6.80. The summed E-state index contributed by atoms with van der Waals surface area (Å²) in [6, 6.07) is 3.73. The highest BCUT2D eigenvalue weighted by atomic mass is 16.5. The molecular formula is C14H19N3O3. The highest BCUT2D eigenvalue weighted by Crippen LogP contribution is 2.07. The number of carbonyl (C=O) groups is 1. The maximum Gasteiger partial charge on any atom is 0.257 e. The van der Waals surface area contributed by atoms with Gasteiger partial charge >= 0.3 is 0 Å². The van der Waals surface area contributed by atoms with Crippen LogP contribution in [0.1, 0.15) is 16.8 Å². The van der Waals surface area contributed by atoms with Crippen molar-refractivity contribution in [3.05, 3.63) is 24.2 Å². The van der Waals surface area contributed by atoms with Crippen molar-refractivity contribution in [2.45, 2.75) is 6.42 Å². The lowest BCUT2D eigenvalue weighted by Crippen LogP contribution is -2.43. The van der Waals surface area contributed by atoms with Crippen molar-refractivity contribution in [3.63, 3.8) is 0 Å². The fraction of sp³-hybridized carbons (Fsp3) is 0.571. The lowest BCUT2D eigenvalue weighted by atomic mass is 10.2. The molecule has 0 unspecified atom stereocenters. The van der Waals surface area contributed by atoms with Gasteiger partial charge in [0.05, 0.1) is 37.5 Å². The van der Waals surface area contributed by atoms with Crippen molar-refractivity contribution in [2.24, 2.45) is 0 Å². The minimum atomic E-state index is -0.0812. The molecule has 0 atom stereocenters. The van der Waals surface area contributed by atoms with Crippen LogP contribution in [0.2, 0.25) is 0 Å². The average molecular weight is 277 g/mol. The molecule has 0 bridgehead atoms. The molecule has 6 nitrogen and oxygen atoms in total. The van der Waals surface area contributed by atoms with E-state index < -0.39 is 0 Å². The van der Waals surface area contributed by atoms with E-state index in [1.165, 1.54) is 12.5 Å². The number of hydrogen-bond donors (Lipinski definition) is 0. The van der Waals surface area contributed by atoms with Gasteiger partial charge < -0.3 is 14.1 Å². The topological polar surface area (TPSA) is 69.7 Å². The molecule has 0 saturated carbocycles. The second kappa shape index (κ2) is 7.68. The fourth-order valence-electron chi connectivity index (χ4n) is 2.16. The molecule has 2 heterocycles. The van der Waals surface area contributed by atoms with Gasteiger partial charge in [-0.3, -0.25) is 9.69 Å². The summed E-state index contributed by atoms with van der Waals surface area (Å²) in [6.07, 6.45) is 3.26. The molecule has 0 aliphatic carbocycles. The van der Waals surface area contributed by atoms with Crippen LogP contribution >= 0.6 is 0 Å². The molecule has 1 fully saturated rings. The molecule has 1 aromatic rings. The van der Waals surface area contributed by atoms with Gasteiger partial charge in [-0.2, -0.15) is 5.26 Å². The van der Waals surface area contributed by atoms with Gasteiger partial charge in [0, 0.05) is 32.7 Å². The Balaban J connectivity index is 1.89. The Bertz CT molecular complexity index is 447. The molecule has 1 saturated heterocycles. The number of carbonyl (C=O) groups excluding carboxylic acids is 1. The van der Waals surface area contributed by atoms with Crippen molar-refractivity contribution in [1.82, 2.24) is 9.80 Å². The van der Waals surface area contributed by atoms with Gasteiger partial charge in [0.2, 0.25) is 0 Å². The number of ether oxygens (including phenoxy) is 1. The molecule has 1 aliphatic rings. The first-order valence-electron chi connectivity index (χ1n) is 6.80. The summed E-state index contributed by atoms with van der Waals surface area (Å²) in [5.41, 5.74) is 0.532. The Labute approximate surface area is 118 Å². The highest BCUT2D eigenvalue weighted by Gasteiger charge is 2.18. The largest absolute Gasteiger partial charge is 0.472 e. The van der Waals surface area contributed by atoms with E-state index in [2.05, 4.69) is 11.0 Å². The minimum absolute atomic E-state index is 0.0812. The monoisotopic (exact) mass is 277 g/mol. The molecule has 0 aromatic carbocycles. The molecule has 1 aliphatic heterocycles. The number of rotatable bonds is 6. The third kappa shape index (κ3) is 4.08. The minimum Gasteiger partial charge on any atom is -0.472 e. The molecule has 1 amide bonds. The quantitative estimate of drug-likeness (QED) is 0.775. The number of amides is 1. The van der Waals surface area contributed by atoms with Crippen LogP contribution in [0.15, 0.2) is 23.0 Å². The molecule has 0 N–H and O–H groups in total. The standard InChI is InChI=1S/C14H19N3O3/c15-3-1-4-17(14(18)13-2-9-20-12-13)6-5-16-7-10-19-11-8-16/h2,9,12H,1,4-8,10-11H2. The van der Waals surface area contributed by atoms with Crippen molar-refractivity contribution in [1.29, 1.82) is 5.26 Å². The van der Waals surface area contributed by atoms with E-state index in [-0.39, 0.29) is 5.91 Å². The Morgan fingerprint density at radius 3 is 2.85 bits per heavy atom. The predicted octanol–water partition coefficient (Wildman–Crippen LogP) is 0.968. The van der Waals surface area contributed by atoms with E-state index in [1.807, 2.05) is 0 Å². The van der Waals surface area contributed by atoms with Crippen LogP contribution in [0.25, 0.3) is 0 Å². The summed E-state index contributed by atoms with van der Waals surface area (Å²) < 4.78 is 10.2. The Kier molecular flexibility index (Phi) is 5.59. The second-order valence-corrected chi connectivity index (χ2v) is 4.67. The van der Waals surface area contributed by atoms with E-state index in [0.717, 1.165) is 32.8 Å². The average Bonchev–Trinajstić information content (AvgIpc) is 3.02. The zero-order chi connectivity index (χ0) is 14.2. The van der Waals surface area contributed by atoms with Crippen LogP contribution in [0.3, 0.4) is 0 Å². The number of nitrogens with zero attached hydrogens (tertiary/aromatic N) is 3. The first kappa shape index (κ1) is 14.6. The molecule has 20 heavy (non-hydrogen) atoms. The van der Waals surface area contributed by atoms with Crippen LogP contribution in [0, 0.1) is 11.3 Å². The van der Waals surface area contributed by atoms with E-state index in [9.17, 15) is 4.79 Å². The van der Waals surface area contributed by atoms with Crippen LogP contribution in [0.4, 0.5) is 0 Å². The first-order chi connectivity index (χ1) is 9.81. The van der Waals surface area contributed by atoms with Gasteiger partial charge in [0.25, 0.3) is 5.91 Å². The second-order valence-electron chi connectivity index (χ2n) is 4.67. The van der Waals surface area contributed by atoms with Crippen LogP contribution in [-0.4, -0.2) is 61.6 Å². The third-order valence-electron chi connectivity index (χ3n) is 3.34. The van der Waals surface area contributed by atoms with Crippen molar-refractivity contribution >= 4 is 5.91 Å². The van der Waals surface area contributed by atoms with Crippen molar-refractivity contribution < 1.29 is 13.9 Å². The van der Waals surface area contributed by atoms with E-state index in [0.29, 0.717) is 25.1 Å². The zero-order valence-electron chi connectivity index (χ0n) is 11.5. The molecule has 108 valence electrons. The maximum atomic E-state index is 12.3. The summed E-state index contributed by atoms with van der Waals surface area (Å²) in [5.74, 6) is -0.0812. The number of hydrogen-bond acceptors (Lipinski definition) is 5. The summed E-state index contributed by atoms with van der Waals surface area (Å²) >= 11 is 0. The predicted molar refractivity (Wildman–Crippen MR) is 72.1 cm³/mol. The Morgan fingerprint density at radius 2 is 2.20 bits per heavy atom. The zero-order valence-corrected chi connectivity index (χ0v) is 11.5. The smallest absolute Gasteiger partial charge is 0.257 e. The summed E-state index contributed by atoms with van der Waals surface area (Å²) in [6.45, 7) is 5.15. The number of furan rings is 1. The van der Waals surface area contributed by atoms with Crippen LogP contribution in [-0.2, 0) is 4.74 Å². The molecular weight excluding hydrogens is 258 g/mol. The normalized spacial score (nSPS) is 15.8. The SMILES string of the molecule is N#CCCN(CCN1CCOCC1)C(=O)c1ccoc1. The molecule has 0 radical (unpaired) electrons. The fourth-order valence-corrected chi connectivity index (χ4v) is 2.16. The van der Waals surface area contributed by atoms with E-state index >= 15 is 0 Å². The molecule has 6 heteroatoms. The Hall–Kier alpha value is -1.84. The van der Waals surface area contributed by atoms with Gasteiger partial charge in [-0.15, -0.1) is 0 Å². The third-order valence-corrected chi connectivity index (χ3v) is 3.34. The van der Waals surface area contributed by atoms with Crippen LogP contribution in [0.5, 0.6) is 0 Å². The lowest BCUT2D eigenvalue weighted by molar-refractivity contribution is 0.0326. The van der Waals surface area contributed by atoms with E-state index in [4.69, 9.17) is 14.4 Å². The van der Waals surface area contributed by atoms with Crippen LogP contribution < -0.4 is 0 Å². The molecule has 0 spiro atoms. The highest BCUT2D eigenvalue weighted by molar-refractivity contribution is 5.93. The number of morpholine rings is 1. The Morgan fingerprint density at radius 1 is 1.40 bits per heavy atom. The van der Waals surface area contributed by atoms with Gasteiger partial charge in [0.15, 0.2) is 0 Å².